The van der Waals surface area contributed by atoms with Crippen LogP contribution in [0.2, 0.25) is 0 Å². The minimum Gasteiger partial charge on any atom is -0.504 e. The van der Waals surface area contributed by atoms with Crippen LogP contribution in [0.15, 0.2) is 12.1 Å². The van der Waals surface area contributed by atoms with Crippen molar-refractivity contribution in [2.75, 3.05) is 20.8 Å². The highest BCUT2D eigenvalue weighted by Crippen LogP contribution is 2.46. The summed E-state index contributed by atoms with van der Waals surface area (Å²) in [6, 6.07) is 3.51. The Hall–Kier alpha value is -1.42. The van der Waals surface area contributed by atoms with E-state index in [1.165, 1.54) is 26.4 Å². The number of methoxy groups -OCH3 is 2. The molecule has 0 saturated heterocycles. The van der Waals surface area contributed by atoms with Crippen molar-refractivity contribution in [3.05, 3.63) is 17.7 Å². The number of ether oxygens (including phenoxy) is 2. The molecule has 2 rings (SSSR count). The smallest absolute Gasteiger partial charge is 0.164 e. The molecule has 1 aromatic rings. The van der Waals surface area contributed by atoms with Gasteiger partial charge in [0.1, 0.15) is 5.75 Å². The highest BCUT2D eigenvalue weighted by atomic mass is 16.5. The summed E-state index contributed by atoms with van der Waals surface area (Å²) in [7, 11) is 3.18. The van der Waals surface area contributed by atoms with Crippen molar-refractivity contribution < 1.29 is 14.6 Å². The third-order valence-corrected chi connectivity index (χ3v) is 4.27. The first kappa shape index (κ1) is 14.0. The highest BCUT2D eigenvalue weighted by molar-refractivity contribution is 5.53. The molecule has 0 aromatic heterocycles. The van der Waals surface area contributed by atoms with Gasteiger partial charge < -0.3 is 20.3 Å². The fraction of sp³-hybridized carbons (Fsp3) is 0.600. The second kappa shape index (κ2) is 5.70. The van der Waals surface area contributed by atoms with Crippen LogP contribution >= 0.6 is 0 Å². The van der Waals surface area contributed by atoms with E-state index in [0.29, 0.717) is 12.3 Å². The molecule has 0 amide bonds. The number of hydrogen-bond acceptors (Lipinski definition) is 4. The first-order valence-electron chi connectivity index (χ1n) is 6.82. The predicted octanol–water partition coefficient (Wildman–Crippen LogP) is 2.57. The van der Waals surface area contributed by atoms with Crippen LogP contribution in [0.3, 0.4) is 0 Å². The van der Waals surface area contributed by atoms with Crippen LogP contribution in [0.25, 0.3) is 0 Å². The van der Waals surface area contributed by atoms with E-state index in [9.17, 15) is 5.11 Å². The van der Waals surface area contributed by atoms with Crippen molar-refractivity contribution in [1.29, 1.82) is 0 Å². The third-order valence-electron chi connectivity index (χ3n) is 4.27. The molecule has 0 unspecified atom stereocenters. The molecular weight excluding hydrogens is 242 g/mol. The number of phenols is 1. The number of rotatable bonds is 4. The van der Waals surface area contributed by atoms with Gasteiger partial charge in [0.15, 0.2) is 11.5 Å². The fourth-order valence-electron chi connectivity index (χ4n) is 3.11. The first-order chi connectivity index (χ1) is 9.16. The molecule has 4 heteroatoms. The van der Waals surface area contributed by atoms with E-state index in [0.717, 1.165) is 24.2 Å². The lowest BCUT2D eigenvalue weighted by Crippen LogP contribution is -2.37. The van der Waals surface area contributed by atoms with E-state index in [1.54, 1.807) is 19.2 Å². The maximum atomic E-state index is 10.0. The van der Waals surface area contributed by atoms with Crippen molar-refractivity contribution >= 4 is 0 Å². The molecule has 106 valence electrons. The second-order valence-corrected chi connectivity index (χ2v) is 5.27. The van der Waals surface area contributed by atoms with Gasteiger partial charge in [0, 0.05) is 23.6 Å². The Morgan fingerprint density at radius 3 is 2.26 bits per heavy atom. The van der Waals surface area contributed by atoms with Gasteiger partial charge in [-0.15, -0.1) is 0 Å². The van der Waals surface area contributed by atoms with Gasteiger partial charge in [-0.05, 0) is 18.9 Å². The Kier molecular flexibility index (Phi) is 4.20. The molecule has 1 saturated carbocycles. The van der Waals surface area contributed by atoms with Gasteiger partial charge in [0.2, 0.25) is 0 Å². The number of phenolic OH excluding ortho intramolecular Hbond substituents is 1. The van der Waals surface area contributed by atoms with Gasteiger partial charge >= 0.3 is 0 Å². The topological polar surface area (TPSA) is 64.7 Å². The maximum Gasteiger partial charge on any atom is 0.164 e. The van der Waals surface area contributed by atoms with E-state index < -0.39 is 0 Å². The average molecular weight is 265 g/mol. The lowest BCUT2D eigenvalue weighted by Gasteiger charge is -2.37. The molecule has 0 aliphatic heterocycles. The van der Waals surface area contributed by atoms with E-state index >= 15 is 0 Å². The lowest BCUT2D eigenvalue weighted by atomic mass is 9.69. The Bertz CT molecular complexity index is 439. The minimum atomic E-state index is -0.0760. The van der Waals surface area contributed by atoms with Gasteiger partial charge in [-0.2, -0.15) is 0 Å². The molecule has 0 atom stereocenters. The summed E-state index contributed by atoms with van der Waals surface area (Å²) in [5, 5.41) is 10.0. The zero-order valence-electron chi connectivity index (χ0n) is 11.7. The van der Waals surface area contributed by atoms with Crippen LogP contribution in [-0.4, -0.2) is 25.9 Å². The lowest BCUT2D eigenvalue weighted by molar-refractivity contribution is 0.284. The van der Waals surface area contributed by atoms with Gasteiger partial charge in [-0.3, -0.25) is 0 Å². The number of aromatic hydroxyl groups is 1. The summed E-state index contributed by atoms with van der Waals surface area (Å²) >= 11 is 0. The highest BCUT2D eigenvalue weighted by Gasteiger charge is 2.35. The summed E-state index contributed by atoms with van der Waals surface area (Å²) in [6.07, 6.45) is 5.70. The monoisotopic (exact) mass is 265 g/mol. The van der Waals surface area contributed by atoms with Gasteiger partial charge in [0.05, 0.1) is 14.2 Å². The Morgan fingerprint density at radius 2 is 1.74 bits per heavy atom. The van der Waals surface area contributed by atoms with Crippen LogP contribution in [0.1, 0.15) is 37.7 Å². The van der Waals surface area contributed by atoms with E-state index in [-0.39, 0.29) is 11.2 Å². The fourth-order valence-corrected chi connectivity index (χ4v) is 3.11. The summed E-state index contributed by atoms with van der Waals surface area (Å²) in [5.41, 5.74) is 6.98. The minimum absolute atomic E-state index is 0.0760. The first-order valence-corrected chi connectivity index (χ1v) is 6.82. The predicted molar refractivity (Wildman–Crippen MR) is 75.0 cm³/mol. The maximum absolute atomic E-state index is 10.0. The molecule has 0 heterocycles. The molecule has 19 heavy (non-hydrogen) atoms. The summed E-state index contributed by atoms with van der Waals surface area (Å²) in [6.45, 7) is 0.579. The zero-order chi connectivity index (χ0) is 13.9. The van der Waals surface area contributed by atoms with Crippen LogP contribution < -0.4 is 15.2 Å². The molecule has 1 aliphatic rings. The van der Waals surface area contributed by atoms with E-state index in [4.69, 9.17) is 15.2 Å². The Labute approximate surface area is 114 Å². The van der Waals surface area contributed by atoms with Crippen molar-refractivity contribution in [2.24, 2.45) is 5.73 Å². The van der Waals surface area contributed by atoms with Crippen LogP contribution in [0.5, 0.6) is 17.2 Å². The second-order valence-electron chi connectivity index (χ2n) is 5.27. The van der Waals surface area contributed by atoms with Crippen molar-refractivity contribution in [3.8, 4) is 17.2 Å². The van der Waals surface area contributed by atoms with Crippen LogP contribution in [0.4, 0.5) is 0 Å². The summed E-state index contributed by atoms with van der Waals surface area (Å²) < 4.78 is 10.6. The molecule has 1 aromatic carbocycles. The zero-order valence-corrected chi connectivity index (χ0v) is 11.7. The third kappa shape index (κ3) is 2.50. The normalized spacial score (nSPS) is 18.1. The average Bonchev–Trinajstić information content (AvgIpc) is 2.47. The number of benzene rings is 1. The molecule has 0 bridgehead atoms. The van der Waals surface area contributed by atoms with E-state index in [1.807, 2.05) is 0 Å². The summed E-state index contributed by atoms with van der Waals surface area (Å²) in [5.74, 6) is 1.34. The molecule has 0 spiro atoms. The van der Waals surface area contributed by atoms with E-state index in [2.05, 4.69) is 0 Å². The summed E-state index contributed by atoms with van der Waals surface area (Å²) in [4.78, 5) is 0. The molecule has 0 radical (unpaired) electrons. The Balaban J connectivity index is 2.49. The SMILES string of the molecule is COc1cc(OC)c(C2(CN)CCCCC2)cc1O. The molecular formula is C15H23NO3. The van der Waals surface area contributed by atoms with Gasteiger partial charge in [-0.25, -0.2) is 0 Å². The number of hydrogen-bond donors (Lipinski definition) is 2. The van der Waals surface area contributed by atoms with Crippen LogP contribution in [0, 0.1) is 0 Å². The largest absolute Gasteiger partial charge is 0.504 e. The Morgan fingerprint density at radius 1 is 1.11 bits per heavy atom. The van der Waals surface area contributed by atoms with Crippen molar-refractivity contribution in [1.82, 2.24) is 0 Å². The molecule has 1 aliphatic carbocycles. The van der Waals surface area contributed by atoms with Crippen molar-refractivity contribution in [3.63, 3.8) is 0 Å². The van der Waals surface area contributed by atoms with Gasteiger partial charge in [-0.1, -0.05) is 19.3 Å². The van der Waals surface area contributed by atoms with Crippen LogP contribution in [-0.2, 0) is 5.41 Å². The number of nitrogens with two attached hydrogens (primary N) is 1. The molecule has 4 nitrogen and oxygen atoms in total. The van der Waals surface area contributed by atoms with Crippen molar-refractivity contribution in [2.45, 2.75) is 37.5 Å². The molecule has 1 fully saturated rings. The molecule has 3 N–H and O–H groups in total. The standard InChI is InChI=1S/C15H23NO3/c1-18-13-9-14(19-2)12(17)8-11(13)15(10-16)6-4-3-5-7-15/h8-9,17H,3-7,10,16H2,1-2H3. The quantitative estimate of drug-likeness (QED) is 0.878. The van der Waals surface area contributed by atoms with Gasteiger partial charge in [0.25, 0.3) is 0 Å².